The predicted octanol–water partition coefficient (Wildman–Crippen LogP) is 5.27. The number of ether oxygens (including phenoxy) is 3. The van der Waals surface area contributed by atoms with E-state index in [2.05, 4.69) is 20.4 Å². The third kappa shape index (κ3) is 6.33. The molecule has 2 aliphatic rings. The van der Waals surface area contributed by atoms with Gasteiger partial charge >= 0.3 is 11.9 Å². The molecule has 2 aromatic heterocycles. The largest absolute Gasteiger partial charge is 0.454 e. The van der Waals surface area contributed by atoms with E-state index in [9.17, 15) is 14.7 Å². The molecule has 3 heterocycles. The third-order valence-corrected chi connectivity index (χ3v) is 9.64. The minimum absolute atomic E-state index is 0.113. The van der Waals surface area contributed by atoms with Gasteiger partial charge in [-0.15, -0.1) is 0 Å². The number of nitrogens with zero attached hydrogens (tertiary/aromatic N) is 4. The van der Waals surface area contributed by atoms with E-state index in [1.165, 1.54) is 13.4 Å². The zero-order valence-corrected chi connectivity index (χ0v) is 27.6. The molecule has 0 spiro atoms. The number of hydrogen-bond acceptors (Lipinski definition) is 11. The summed E-state index contributed by atoms with van der Waals surface area (Å²) in [6.45, 7) is 0. The van der Waals surface area contributed by atoms with Crippen molar-refractivity contribution in [1.82, 2.24) is 19.5 Å². The van der Waals surface area contributed by atoms with Crippen molar-refractivity contribution in [3.05, 3.63) is 120 Å². The fourth-order valence-corrected chi connectivity index (χ4v) is 7.40. The summed E-state index contributed by atoms with van der Waals surface area (Å²) in [5.41, 5.74) is 4.65. The summed E-state index contributed by atoms with van der Waals surface area (Å²) in [7, 11) is 1.47. The molecule has 0 radical (unpaired) electrons. The van der Waals surface area contributed by atoms with Crippen LogP contribution in [0.4, 0.5) is 5.82 Å². The Morgan fingerprint density at radius 1 is 0.860 bits per heavy atom. The summed E-state index contributed by atoms with van der Waals surface area (Å²) >= 11 is 0. The number of aliphatic hydroxyl groups is 1. The molecule has 1 saturated heterocycles. The number of fused-ring (bicyclic) bond motifs is 1. The van der Waals surface area contributed by atoms with Crippen molar-refractivity contribution in [2.24, 2.45) is 0 Å². The van der Waals surface area contributed by atoms with Gasteiger partial charge in [0.15, 0.2) is 17.0 Å². The van der Waals surface area contributed by atoms with E-state index in [-0.39, 0.29) is 12.5 Å². The standard InChI is InChI=1S/C38H39N5O7/c1-47-42-34-31-35(40-23-39-34)43(24-41-31)30-22-29(44)32(49-30)33(50-37(46)36(45)48-28-20-12-5-13-21-28)38(25-14-6-2-7-15-25,26-16-8-3-9-17-26)27-18-10-4-11-19-27/h2-4,6-11,14-19,23-24,28-30,32-33,44H,5,12-13,20-22H2,1H3,(H,39,40,42)/t29-,30+,32-,33?/m0/s1. The Kier molecular flexibility index (Phi) is 9.83. The van der Waals surface area contributed by atoms with Crippen LogP contribution in [0, 0.1) is 0 Å². The number of imidazole rings is 1. The van der Waals surface area contributed by atoms with Crippen molar-refractivity contribution >= 4 is 28.9 Å². The number of anilines is 1. The van der Waals surface area contributed by atoms with Crippen molar-refractivity contribution in [2.75, 3.05) is 12.6 Å². The number of hydrogen-bond donors (Lipinski definition) is 2. The number of carbonyl (C=O) groups is 2. The van der Waals surface area contributed by atoms with E-state index in [1.54, 1.807) is 10.9 Å². The number of aromatic nitrogens is 4. The van der Waals surface area contributed by atoms with Crippen LogP contribution in [-0.2, 0) is 34.1 Å². The first kappa shape index (κ1) is 33.3. The molecule has 2 N–H and O–H groups in total. The maximum atomic E-state index is 13.9. The zero-order chi connectivity index (χ0) is 34.5. The molecule has 1 unspecified atom stereocenters. The highest BCUT2D eigenvalue weighted by molar-refractivity contribution is 6.29. The first-order valence-corrected chi connectivity index (χ1v) is 16.9. The summed E-state index contributed by atoms with van der Waals surface area (Å²) in [4.78, 5) is 45.5. The molecule has 12 nitrogen and oxygen atoms in total. The van der Waals surface area contributed by atoms with Gasteiger partial charge in [-0.25, -0.2) is 30.0 Å². The number of benzene rings is 3. The quantitative estimate of drug-likeness (QED) is 0.0863. The van der Waals surface area contributed by atoms with Gasteiger partial charge in [0.25, 0.3) is 0 Å². The molecule has 4 atom stereocenters. The number of rotatable bonds is 10. The monoisotopic (exact) mass is 677 g/mol. The molecule has 3 aromatic carbocycles. The zero-order valence-electron chi connectivity index (χ0n) is 27.6. The highest BCUT2D eigenvalue weighted by atomic mass is 16.6. The lowest BCUT2D eigenvalue weighted by Gasteiger charge is -2.44. The average Bonchev–Trinajstić information content (AvgIpc) is 3.77. The lowest BCUT2D eigenvalue weighted by atomic mass is 9.64. The fraction of sp³-hybridized carbons (Fsp3) is 0.342. The molecule has 1 saturated carbocycles. The van der Waals surface area contributed by atoms with Crippen LogP contribution in [0.3, 0.4) is 0 Å². The second-order valence-corrected chi connectivity index (χ2v) is 12.6. The number of esters is 2. The molecule has 1 aliphatic carbocycles. The van der Waals surface area contributed by atoms with Gasteiger partial charge in [0.2, 0.25) is 0 Å². The Labute approximate surface area is 289 Å². The van der Waals surface area contributed by atoms with Crippen LogP contribution in [0.2, 0.25) is 0 Å². The Morgan fingerprint density at radius 2 is 1.46 bits per heavy atom. The first-order chi connectivity index (χ1) is 24.5. The Hall–Kier alpha value is -5.17. The molecule has 7 rings (SSSR count). The Bertz CT molecular complexity index is 1800. The highest BCUT2D eigenvalue weighted by Gasteiger charge is 2.55. The van der Waals surface area contributed by atoms with Gasteiger partial charge in [-0.3, -0.25) is 9.40 Å². The van der Waals surface area contributed by atoms with E-state index < -0.39 is 41.9 Å². The second-order valence-electron chi connectivity index (χ2n) is 12.6. The minimum atomic E-state index is -1.25. The molecule has 12 heteroatoms. The molecule has 50 heavy (non-hydrogen) atoms. The van der Waals surface area contributed by atoms with E-state index in [0.717, 1.165) is 36.0 Å². The molecular weight excluding hydrogens is 638 g/mol. The van der Waals surface area contributed by atoms with Crippen LogP contribution in [0.1, 0.15) is 61.4 Å². The maximum absolute atomic E-state index is 13.9. The van der Waals surface area contributed by atoms with Gasteiger partial charge in [0, 0.05) is 6.42 Å². The summed E-state index contributed by atoms with van der Waals surface area (Å²) in [5.74, 6) is -1.85. The predicted molar refractivity (Wildman–Crippen MR) is 183 cm³/mol. The van der Waals surface area contributed by atoms with Crippen molar-refractivity contribution in [1.29, 1.82) is 0 Å². The molecular formula is C38H39N5O7. The van der Waals surface area contributed by atoms with Gasteiger partial charge in [-0.05, 0) is 42.4 Å². The second kappa shape index (κ2) is 14.8. The van der Waals surface area contributed by atoms with Crippen LogP contribution in [0.25, 0.3) is 11.2 Å². The molecule has 258 valence electrons. The number of aliphatic hydroxyl groups excluding tert-OH is 1. The molecule has 5 aromatic rings. The Morgan fingerprint density at radius 3 is 2.04 bits per heavy atom. The summed E-state index contributed by atoms with van der Waals surface area (Å²) < 4.78 is 20.5. The van der Waals surface area contributed by atoms with Crippen LogP contribution >= 0.6 is 0 Å². The molecule has 1 aliphatic heterocycles. The Balaban J connectivity index is 1.35. The van der Waals surface area contributed by atoms with Crippen LogP contribution in [0.5, 0.6) is 0 Å². The summed E-state index contributed by atoms with van der Waals surface area (Å²) in [6.07, 6.45) is 2.72. The summed E-state index contributed by atoms with van der Waals surface area (Å²) in [6, 6.07) is 28.8. The van der Waals surface area contributed by atoms with Gasteiger partial charge in [-0.1, -0.05) is 97.4 Å². The average molecular weight is 678 g/mol. The molecule has 2 fully saturated rings. The van der Waals surface area contributed by atoms with Gasteiger partial charge in [0.05, 0.1) is 25.0 Å². The molecule has 0 amide bonds. The van der Waals surface area contributed by atoms with Crippen LogP contribution in [0.15, 0.2) is 104 Å². The van der Waals surface area contributed by atoms with E-state index >= 15 is 0 Å². The van der Waals surface area contributed by atoms with Crippen molar-refractivity contribution < 1.29 is 33.7 Å². The third-order valence-electron chi connectivity index (χ3n) is 9.64. The fourth-order valence-electron chi connectivity index (χ4n) is 7.40. The van der Waals surface area contributed by atoms with E-state index in [1.807, 2.05) is 91.0 Å². The SMILES string of the molecule is CONc1ncnc2c1ncn2[C@H]1C[C@H](O)[C@@H](C(OC(=O)C(=O)OC2CCCCC2)C(c2ccccc2)(c2ccccc2)c2ccccc2)O1. The van der Waals surface area contributed by atoms with Gasteiger partial charge in [-0.2, -0.15) is 0 Å². The number of nitrogens with one attached hydrogen (secondary N) is 1. The minimum Gasteiger partial charge on any atom is -0.454 e. The lowest BCUT2D eigenvalue weighted by molar-refractivity contribution is -0.184. The van der Waals surface area contributed by atoms with Crippen molar-refractivity contribution in [2.45, 2.75) is 74.6 Å². The van der Waals surface area contributed by atoms with E-state index in [4.69, 9.17) is 19.0 Å². The van der Waals surface area contributed by atoms with Crippen molar-refractivity contribution in [3.8, 4) is 0 Å². The van der Waals surface area contributed by atoms with Crippen LogP contribution < -0.4 is 5.48 Å². The van der Waals surface area contributed by atoms with Crippen molar-refractivity contribution in [3.63, 3.8) is 0 Å². The normalized spacial score (nSPS) is 20.3. The smallest absolute Gasteiger partial charge is 0.417 e. The van der Waals surface area contributed by atoms with Crippen LogP contribution in [-0.4, -0.2) is 68.1 Å². The number of carbonyl (C=O) groups excluding carboxylic acids is 2. The summed E-state index contributed by atoms with van der Waals surface area (Å²) in [5, 5.41) is 11.9. The van der Waals surface area contributed by atoms with Gasteiger partial charge in [0.1, 0.15) is 30.9 Å². The lowest BCUT2D eigenvalue weighted by Crippen LogP contribution is -2.54. The maximum Gasteiger partial charge on any atom is 0.417 e. The van der Waals surface area contributed by atoms with Gasteiger partial charge < -0.3 is 19.3 Å². The first-order valence-electron chi connectivity index (χ1n) is 16.9. The topological polar surface area (TPSA) is 147 Å². The van der Waals surface area contributed by atoms with E-state index in [0.29, 0.717) is 29.8 Å². The highest BCUT2D eigenvalue weighted by Crippen LogP contribution is 2.48. The molecule has 0 bridgehead atoms.